The topological polar surface area (TPSA) is 158 Å². The van der Waals surface area contributed by atoms with E-state index in [0.29, 0.717) is 11.1 Å². The Kier molecular flexibility index (Phi) is 6.83. The minimum atomic E-state index is -0.801. The van der Waals surface area contributed by atoms with Gasteiger partial charge in [-0.1, -0.05) is 6.07 Å². The highest BCUT2D eigenvalue weighted by atomic mass is 19.1. The third-order valence-electron chi connectivity index (χ3n) is 5.90. The van der Waals surface area contributed by atoms with Crippen LogP contribution in [0.15, 0.2) is 36.7 Å². The van der Waals surface area contributed by atoms with Crippen molar-refractivity contribution in [2.24, 2.45) is 0 Å². The van der Waals surface area contributed by atoms with Crippen molar-refractivity contribution >= 4 is 35.0 Å². The van der Waals surface area contributed by atoms with E-state index in [0.717, 1.165) is 12.3 Å². The van der Waals surface area contributed by atoms with E-state index in [1.165, 1.54) is 28.9 Å². The Labute approximate surface area is 220 Å². The Morgan fingerprint density at radius 2 is 2.10 bits per heavy atom. The van der Waals surface area contributed by atoms with Crippen molar-refractivity contribution in [3.63, 3.8) is 0 Å². The molecule has 5 rings (SSSR count). The van der Waals surface area contributed by atoms with Gasteiger partial charge >= 0.3 is 6.09 Å². The number of hydrogen-bond acceptors (Lipinski definition) is 9. The van der Waals surface area contributed by atoms with Crippen molar-refractivity contribution in [2.75, 3.05) is 29.5 Å². The zero-order valence-electron chi connectivity index (χ0n) is 20.9. The first-order chi connectivity index (χ1) is 18.7. The van der Waals surface area contributed by atoms with Crippen LogP contribution in [0.5, 0.6) is 5.88 Å². The first-order valence-electron chi connectivity index (χ1n) is 12.0. The average Bonchev–Trinajstić information content (AvgIpc) is 3.33. The number of halogens is 2. The fraction of sp³-hybridized carbons (Fsp3) is 0.240. The summed E-state index contributed by atoms with van der Waals surface area (Å²) in [6.07, 6.45) is 1.07. The maximum atomic E-state index is 15.0. The Hall–Kier alpha value is -5.01. The molecule has 202 valence electrons. The van der Waals surface area contributed by atoms with Gasteiger partial charge in [-0.15, -0.1) is 0 Å². The molecule has 1 aliphatic rings. The largest absolute Gasteiger partial charge is 0.473 e. The molecule has 5 N–H and O–H groups in total. The molecule has 1 aromatic carbocycles. The zero-order chi connectivity index (χ0) is 27.7. The van der Waals surface area contributed by atoms with Gasteiger partial charge in [0.15, 0.2) is 5.65 Å². The van der Waals surface area contributed by atoms with Gasteiger partial charge in [0.2, 0.25) is 5.88 Å². The van der Waals surface area contributed by atoms with Gasteiger partial charge in [-0.3, -0.25) is 10.1 Å². The number of benzene rings is 1. The van der Waals surface area contributed by atoms with Gasteiger partial charge in [-0.05, 0) is 37.6 Å². The fourth-order valence-corrected chi connectivity index (χ4v) is 4.08. The number of pyridine rings is 1. The van der Waals surface area contributed by atoms with Crippen LogP contribution in [0, 0.1) is 11.6 Å². The van der Waals surface area contributed by atoms with Gasteiger partial charge in [0.25, 0.3) is 5.91 Å². The van der Waals surface area contributed by atoms with E-state index in [-0.39, 0.29) is 59.7 Å². The summed E-state index contributed by atoms with van der Waals surface area (Å²) in [7, 11) is 0. The summed E-state index contributed by atoms with van der Waals surface area (Å²) in [6.45, 7) is 3.63. The summed E-state index contributed by atoms with van der Waals surface area (Å²) in [5.74, 6) is -1.39. The summed E-state index contributed by atoms with van der Waals surface area (Å²) in [4.78, 5) is 33.3. The molecule has 4 heterocycles. The maximum Gasteiger partial charge on any atom is 0.411 e. The predicted octanol–water partition coefficient (Wildman–Crippen LogP) is 3.34. The molecule has 1 atom stereocenters. The molecule has 14 heteroatoms. The van der Waals surface area contributed by atoms with E-state index in [2.05, 4.69) is 31.0 Å². The zero-order valence-corrected chi connectivity index (χ0v) is 20.9. The number of hydrogen-bond donors (Lipinski definition) is 4. The van der Waals surface area contributed by atoms with Crippen LogP contribution in [0.4, 0.5) is 30.9 Å². The molecule has 2 bridgehead atoms. The number of carbonyl (C=O) groups is 2. The molecule has 4 aromatic rings. The smallest absolute Gasteiger partial charge is 0.411 e. The van der Waals surface area contributed by atoms with Crippen LogP contribution in [-0.2, 0) is 11.3 Å². The molecule has 2 amide bonds. The lowest BCUT2D eigenvalue weighted by atomic mass is 10.1. The predicted molar refractivity (Wildman–Crippen MR) is 137 cm³/mol. The summed E-state index contributed by atoms with van der Waals surface area (Å²) in [6, 6.07) is 5.31. The molecule has 0 saturated carbocycles. The van der Waals surface area contributed by atoms with E-state index in [1.54, 1.807) is 13.8 Å². The van der Waals surface area contributed by atoms with E-state index in [4.69, 9.17) is 15.2 Å². The molecule has 0 radical (unpaired) electrons. The van der Waals surface area contributed by atoms with E-state index < -0.39 is 29.7 Å². The monoisotopic (exact) mass is 538 g/mol. The van der Waals surface area contributed by atoms with Crippen molar-refractivity contribution < 1.29 is 27.8 Å². The van der Waals surface area contributed by atoms with Crippen LogP contribution in [0.2, 0.25) is 0 Å². The van der Waals surface area contributed by atoms with Crippen LogP contribution in [0.3, 0.4) is 0 Å². The van der Waals surface area contributed by atoms with Gasteiger partial charge < -0.3 is 25.8 Å². The molecule has 0 unspecified atom stereocenters. The van der Waals surface area contributed by atoms with Gasteiger partial charge in [0, 0.05) is 12.1 Å². The lowest BCUT2D eigenvalue weighted by Gasteiger charge is -2.18. The van der Waals surface area contributed by atoms with Crippen molar-refractivity contribution in [1.29, 1.82) is 0 Å². The highest BCUT2D eigenvalue weighted by Crippen LogP contribution is 2.36. The normalized spacial score (nSPS) is 15.2. The molecule has 0 saturated heterocycles. The molecular formula is C25H24F2N8O4. The van der Waals surface area contributed by atoms with Crippen molar-refractivity contribution in [1.82, 2.24) is 24.9 Å². The quantitative estimate of drug-likeness (QED) is 0.307. The number of ether oxygens (including phenoxy) is 2. The standard InChI is InChI=1S/C25H24F2N8O4/c1-3-38-25(37)33-18-5-4-13(7-17(18)27)19-20(28)35-22-16(11-32-35)23(36)30-8-12(2)39-24-14(6-15(26)10-31-24)9-29-21(19)34-22/h4-7,10-12H,3,8-9,28H2,1-2H3,(H,29,34)(H,30,36)(H,33,37)/t12-/m0/s1. The summed E-state index contributed by atoms with van der Waals surface area (Å²) >= 11 is 0. The Bertz CT molecular complexity index is 1590. The number of anilines is 3. The molecule has 0 aliphatic carbocycles. The molecule has 0 spiro atoms. The highest BCUT2D eigenvalue weighted by molar-refractivity contribution is 6.01. The molecule has 0 fully saturated rings. The molecule has 12 nitrogen and oxygen atoms in total. The second kappa shape index (κ2) is 10.4. The first kappa shape index (κ1) is 25.6. The number of carbonyl (C=O) groups excluding carboxylic acids is 2. The maximum absolute atomic E-state index is 15.0. The minimum Gasteiger partial charge on any atom is -0.473 e. The Morgan fingerprint density at radius 1 is 1.28 bits per heavy atom. The number of rotatable bonds is 3. The van der Waals surface area contributed by atoms with Gasteiger partial charge in [0.1, 0.15) is 34.9 Å². The van der Waals surface area contributed by atoms with Gasteiger partial charge in [-0.25, -0.2) is 23.5 Å². The number of nitrogens with one attached hydrogen (secondary N) is 3. The van der Waals surface area contributed by atoms with Gasteiger partial charge in [-0.2, -0.15) is 9.61 Å². The lowest BCUT2D eigenvalue weighted by molar-refractivity contribution is 0.0932. The van der Waals surface area contributed by atoms with E-state index >= 15 is 4.39 Å². The van der Waals surface area contributed by atoms with Gasteiger partial charge in [0.05, 0.1) is 36.8 Å². The molecule has 3 aromatic heterocycles. The molecule has 1 aliphatic heterocycles. The third-order valence-corrected chi connectivity index (χ3v) is 5.90. The molecule has 39 heavy (non-hydrogen) atoms. The van der Waals surface area contributed by atoms with E-state index in [1.807, 2.05) is 0 Å². The Balaban J connectivity index is 1.63. The summed E-state index contributed by atoms with van der Waals surface area (Å²) in [5.41, 5.74) is 7.63. The minimum absolute atomic E-state index is 0.0122. The van der Waals surface area contributed by atoms with Crippen molar-refractivity contribution in [3.05, 3.63) is 59.4 Å². The number of nitrogen functional groups attached to an aromatic ring is 1. The molecular weight excluding hydrogens is 514 g/mol. The average molecular weight is 539 g/mol. The van der Waals surface area contributed by atoms with Crippen LogP contribution < -0.4 is 26.4 Å². The third kappa shape index (κ3) is 5.08. The fourth-order valence-electron chi connectivity index (χ4n) is 4.08. The van der Waals surface area contributed by atoms with Crippen LogP contribution in [0.1, 0.15) is 29.8 Å². The SMILES string of the molecule is CCOC(=O)Nc1ccc(-c2c3nc4c(cnn4c2N)C(=O)NC[C@H](C)Oc2ncc(F)cc2CN3)cc1F. The van der Waals surface area contributed by atoms with Crippen LogP contribution in [-0.4, -0.2) is 50.8 Å². The second-order valence-corrected chi connectivity index (χ2v) is 8.66. The number of nitrogens with two attached hydrogens (primary N) is 1. The second-order valence-electron chi connectivity index (χ2n) is 8.66. The summed E-state index contributed by atoms with van der Waals surface area (Å²) < 4.78 is 41.0. The number of nitrogens with zero attached hydrogens (tertiary/aromatic N) is 4. The number of amides is 2. The lowest BCUT2D eigenvalue weighted by Crippen LogP contribution is -2.33. The van der Waals surface area contributed by atoms with Crippen LogP contribution >= 0.6 is 0 Å². The Morgan fingerprint density at radius 3 is 2.87 bits per heavy atom. The van der Waals surface area contributed by atoms with Crippen LogP contribution in [0.25, 0.3) is 16.8 Å². The highest BCUT2D eigenvalue weighted by Gasteiger charge is 2.24. The van der Waals surface area contributed by atoms with E-state index in [9.17, 15) is 14.0 Å². The first-order valence-corrected chi connectivity index (χ1v) is 12.0. The van der Waals surface area contributed by atoms with Crippen molar-refractivity contribution in [3.8, 4) is 17.0 Å². The van der Waals surface area contributed by atoms with Crippen molar-refractivity contribution in [2.45, 2.75) is 26.5 Å². The number of aromatic nitrogens is 4. The number of fused-ring (bicyclic) bond motifs is 2. The summed E-state index contributed by atoms with van der Waals surface area (Å²) in [5, 5.41) is 12.4.